The SMILES string of the molecule is CNC(=O)c1ccc([C@H](C)N2C(=O)C3C[C@H]2CN3CC(N)C(=O)N2CCCC2C#N)cc1. The van der Waals surface area contributed by atoms with Gasteiger partial charge in [-0.15, -0.1) is 0 Å². The van der Waals surface area contributed by atoms with Crippen molar-refractivity contribution in [2.45, 2.75) is 56.4 Å². The first-order chi connectivity index (χ1) is 15.3. The summed E-state index contributed by atoms with van der Waals surface area (Å²) in [6.45, 7) is 3.57. The molecule has 3 unspecified atom stereocenters. The molecule has 0 saturated carbocycles. The molecule has 32 heavy (non-hydrogen) atoms. The lowest BCUT2D eigenvalue weighted by molar-refractivity contribution is -0.140. The van der Waals surface area contributed by atoms with Crippen molar-refractivity contribution >= 4 is 17.7 Å². The van der Waals surface area contributed by atoms with Crippen LogP contribution in [0.15, 0.2) is 24.3 Å². The summed E-state index contributed by atoms with van der Waals surface area (Å²) >= 11 is 0. The average molecular weight is 439 g/mol. The zero-order valence-electron chi connectivity index (χ0n) is 18.5. The van der Waals surface area contributed by atoms with E-state index in [9.17, 15) is 19.6 Å². The Morgan fingerprint density at radius 3 is 2.66 bits per heavy atom. The van der Waals surface area contributed by atoms with E-state index in [2.05, 4.69) is 11.4 Å². The lowest BCUT2D eigenvalue weighted by Crippen LogP contribution is -2.56. The molecule has 3 aliphatic heterocycles. The van der Waals surface area contributed by atoms with Crippen molar-refractivity contribution in [2.24, 2.45) is 5.73 Å². The normalized spacial score (nSPS) is 26.8. The predicted molar refractivity (Wildman–Crippen MR) is 117 cm³/mol. The van der Waals surface area contributed by atoms with Crippen molar-refractivity contribution in [2.75, 3.05) is 26.7 Å². The lowest BCUT2D eigenvalue weighted by atomic mass is 10.0. The molecule has 0 spiro atoms. The molecule has 1 aromatic carbocycles. The van der Waals surface area contributed by atoms with Crippen molar-refractivity contribution in [1.82, 2.24) is 20.0 Å². The van der Waals surface area contributed by atoms with Crippen LogP contribution in [0.25, 0.3) is 0 Å². The fourth-order valence-corrected chi connectivity index (χ4v) is 5.33. The average Bonchev–Trinajstić information content (AvgIpc) is 3.52. The zero-order valence-corrected chi connectivity index (χ0v) is 18.5. The number of piperazine rings is 1. The molecular weight excluding hydrogens is 408 g/mol. The minimum Gasteiger partial charge on any atom is -0.355 e. The third-order valence-electron chi connectivity index (χ3n) is 7.05. The smallest absolute Gasteiger partial charge is 0.251 e. The number of hydrogen-bond acceptors (Lipinski definition) is 6. The number of nitriles is 1. The number of hydrogen-bond donors (Lipinski definition) is 2. The van der Waals surface area contributed by atoms with Gasteiger partial charge in [-0.3, -0.25) is 19.3 Å². The van der Waals surface area contributed by atoms with Gasteiger partial charge in [-0.25, -0.2) is 0 Å². The van der Waals surface area contributed by atoms with Crippen LogP contribution >= 0.6 is 0 Å². The van der Waals surface area contributed by atoms with Crippen molar-refractivity contribution < 1.29 is 14.4 Å². The first-order valence-corrected chi connectivity index (χ1v) is 11.2. The molecule has 9 nitrogen and oxygen atoms in total. The third-order valence-corrected chi connectivity index (χ3v) is 7.05. The number of nitrogens with one attached hydrogen (secondary N) is 1. The van der Waals surface area contributed by atoms with E-state index in [1.54, 1.807) is 24.1 Å². The Labute approximate surface area is 188 Å². The summed E-state index contributed by atoms with van der Waals surface area (Å²) in [6.07, 6.45) is 2.24. The second kappa shape index (κ2) is 8.88. The van der Waals surface area contributed by atoms with E-state index in [1.165, 1.54) is 0 Å². The Balaban J connectivity index is 1.38. The van der Waals surface area contributed by atoms with Crippen LogP contribution in [0.3, 0.4) is 0 Å². The highest BCUT2D eigenvalue weighted by atomic mass is 16.2. The van der Waals surface area contributed by atoms with E-state index in [4.69, 9.17) is 5.73 Å². The molecule has 0 radical (unpaired) electrons. The minimum absolute atomic E-state index is 0.0554. The molecule has 1 aromatic rings. The summed E-state index contributed by atoms with van der Waals surface area (Å²) in [7, 11) is 1.59. The predicted octanol–water partition coefficient (Wildman–Crippen LogP) is 0.234. The summed E-state index contributed by atoms with van der Waals surface area (Å²) in [4.78, 5) is 43.2. The van der Waals surface area contributed by atoms with Crippen LogP contribution in [-0.2, 0) is 9.59 Å². The summed E-state index contributed by atoms with van der Waals surface area (Å²) < 4.78 is 0. The van der Waals surface area contributed by atoms with Gasteiger partial charge in [0.25, 0.3) is 5.91 Å². The van der Waals surface area contributed by atoms with Gasteiger partial charge in [0.2, 0.25) is 11.8 Å². The highest BCUT2D eigenvalue weighted by Gasteiger charge is 2.51. The monoisotopic (exact) mass is 438 g/mol. The van der Waals surface area contributed by atoms with Gasteiger partial charge < -0.3 is 20.9 Å². The van der Waals surface area contributed by atoms with E-state index < -0.39 is 12.1 Å². The fraction of sp³-hybridized carbons (Fsp3) is 0.565. The van der Waals surface area contributed by atoms with Gasteiger partial charge >= 0.3 is 0 Å². The molecule has 3 heterocycles. The van der Waals surface area contributed by atoms with E-state index in [-0.39, 0.29) is 35.8 Å². The first-order valence-electron chi connectivity index (χ1n) is 11.2. The Hall–Kier alpha value is -2.96. The van der Waals surface area contributed by atoms with Gasteiger partial charge in [-0.1, -0.05) is 12.1 Å². The zero-order chi connectivity index (χ0) is 23.0. The van der Waals surface area contributed by atoms with Gasteiger partial charge in [0, 0.05) is 38.3 Å². The molecular formula is C23H30N6O3. The number of nitrogens with zero attached hydrogens (tertiary/aromatic N) is 4. The maximum atomic E-state index is 13.2. The van der Waals surface area contributed by atoms with Crippen LogP contribution in [0, 0.1) is 11.3 Å². The lowest BCUT2D eigenvalue weighted by Gasteiger charge is -2.38. The molecule has 5 atom stereocenters. The number of nitrogens with two attached hydrogens (primary N) is 1. The number of amides is 3. The van der Waals surface area contributed by atoms with E-state index >= 15 is 0 Å². The second-order valence-electron chi connectivity index (χ2n) is 8.91. The fourth-order valence-electron chi connectivity index (χ4n) is 5.33. The van der Waals surface area contributed by atoms with E-state index in [0.29, 0.717) is 31.6 Å². The maximum absolute atomic E-state index is 13.2. The van der Waals surface area contributed by atoms with Crippen LogP contribution in [0.2, 0.25) is 0 Å². The molecule has 3 amide bonds. The Kier molecular flexibility index (Phi) is 6.17. The highest BCUT2D eigenvalue weighted by Crippen LogP contribution is 2.38. The molecule has 170 valence electrons. The Morgan fingerprint density at radius 1 is 1.31 bits per heavy atom. The first kappa shape index (κ1) is 22.2. The molecule has 2 bridgehead atoms. The largest absolute Gasteiger partial charge is 0.355 e. The highest BCUT2D eigenvalue weighted by molar-refractivity contribution is 5.94. The summed E-state index contributed by atoms with van der Waals surface area (Å²) in [5.74, 6) is -0.289. The van der Waals surface area contributed by atoms with E-state index in [0.717, 1.165) is 18.4 Å². The van der Waals surface area contributed by atoms with Gasteiger partial charge in [0.05, 0.1) is 24.2 Å². The van der Waals surface area contributed by atoms with Crippen molar-refractivity contribution in [3.63, 3.8) is 0 Å². The van der Waals surface area contributed by atoms with Crippen molar-refractivity contribution in [3.05, 3.63) is 35.4 Å². The summed E-state index contributed by atoms with van der Waals surface area (Å²) in [6, 6.07) is 8.08. The molecule has 4 rings (SSSR count). The molecule has 9 heteroatoms. The Bertz CT molecular complexity index is 942. The third kappa shape index (κ3) is 3.85. The van der Waals surface area contributed by atoms with Gasteiger partial charge in [0.15, 0.2) is 0 Å². The number of benzene rings is 1. The number of likely N-dealkylation sites (tertiary alicyclic amines) is 3. The minimum atomic E-state index is -0.737. The van der Waals surface area contributed by atoms with Crippen molar-refractivity contribution in [3.8, 4) is 6.07 Å². The molecule has 0 aliphatic carbocycles. The molecule has 3 fully saturated rings. The number of carbonyl (C=O) groups excluding carboxylic acids is 3. The van der Waals surface area contributed by atoms with Gasteiger partial charge in [0.1, 0.15) is 6.04 Å². The summed E-state index contributed by atoms with van der Waals surface area (Å²) in [5.41, 5.74) is 7.77. The Morgan fingerprint density at radius 2 is 2.03 bits per heavy atom. The topological polar surface area (TPSA) is 123 Å². The molecule has 3 aliphatic rings. The standard InChI is InChI=1S/C23H30N6O3/c1-14(15-5-7-16(8-6-15)21(30)26-2)29-18-10-20(23(29)32)27(12-18)13-19(25)22(31)28-9-3-4-17(28)11-24/h5-8,14,17-20H,3-4,9-10,12-13,25H2,1-2H3,(H,26,30)/t14-,17?,18-,19?,20?/m0/s1. The van der Waals surface area contributed by atoms with Gasteiger partial charge in [-0.05, 0) is 43.9 Å². The van der Waals surface area contributed by atoms with Crippen LogP contribution in [0.5, 0.6) is 0 Å². The van der Waals surface area contributed by atoms with E-state index in [1.807, 2.05) is 28.9 Å². The van der Waals surface area contributed by atoms with Crippen LogP contribution in [-0.4, -0.2) is 83.3 Å². The number of rotatable bonds is 6. The maximum Gasteiger partial charge on any atom is 0.251 e. The van der Waals surface area contributed by atoms with Gasteiger partial charge in [-0.2, -0.15) is 5.26 Å². The van der Waals surface area contributed by atoms with Crippen LogP contribution in [0.1, 0.15) is 48.1 Å². The van der Waals surface area contributed by atoms with Crippen LogP contribution in [0.4, 0.5) is 0 Å². The molecule has 3 saturated heterocycles. The van der Waals surface area contributed by atoms with Crippen molar-refractivity contribution in [1.29, 1.82) is 5.26 Å². The number of carbonyl (C=O) groups is 3. The van der Waals surface area contributed by atoms with Crippen LogP contribution < -0.4 is 11.1 Å². The molecule has 3 N–H and O–H groups in total. The number of fused-ring (bicyclic) bond motifs is 2. The second-order valence-corrected chi connectivity index (χ2v) is 8.91. The summed E-state index contributed by atoms with van der Waals surface area (Å²) in [5, 5.41) is 11.8. The molecule has 0 aromatic heterocycles. The quantitative estimate of drug-likeness (QED) is 0.656.